The third-order valence-corrected chi connectivity index (χ3v) is 0.824. The van der Waals surface area contributed by atoms with Crippen LogP contribution in [-0.4, -0.2) is 25.4 Å². The van der Waals surface area contributed by atoms with E-state index in [1.807, 2.05) is 0 Å². The Labute approximate surface area is 70.3 Å². The second-order valence-electron chi connectivity index (χ2n) is 1.84. The minimum Gasteiger partial charge on any atom is -0.445 e. The van der Waals surface area contributed by atoms with E-state index < -0.39 is 12.1 Å². The van der Waals surface area contributed by atoms with Crippen LogP contribution >= 0.6 is 0 Å². The lowest BCUT2D eigenvalue weighted by Crippen LogP contribution is -2.27. The summed E-state index contributed by atoms with van der Waals surface area (Å²) < 4.78 is 8.93. The lowest BCUT2D eigenvalue weighted by Gasteiger charge is -2.04. The molecule has 0 bridgehead atoms. The number of esters is 1. The van der Waals surface area contributed by atoms with Crippen molar-refractivity contribution in [3.05, 3.63) is 12.7 Å². The lowest BCUT2D eigenvalue weighted by molar-refractivity contribution is -0.141. The molecule has 0 rings (SSSR count). The highest BCUT2D eigenvalue weighted by Gasteiger charge is 1.99. The van der Waals surface area contributed by atoms with Gasteiger partial charge in [0.15, 0.2) is 6.73 Å². The van der Waals surface area contributed by atoms with Crippen LogP contribution < -0.4 is 5.32 Å². The number of amides is 1. The fourth-order valence-electron chi connectivity index (χ4n) is 0.382. The SMILES string of the molecule is C=CCOC(=O)NCOC(C)=O. The Morgan fingerprint density at radius 3 is 2.67 bits per heavy atom. The van der Waals surface area contributed by atoms with Crippen LogP contribution in [0.2, 0.25) is 0 Å². The summed E-state index contributed by atoms with van der Waals surface area (Å²) in [6, 6.07) is 0. The molecule has 12 heavy (non-hydrogen) atoms. The summed E-state index contributed by atoms with van der Waals surface area (Å²) in [6.45, 7) is 4.55. The molecule has 0 heterocycles. The Bertz CT molecular complexity index is 178. The number of hydrogen-bond donors (Lipinski definition) is 1. The minimum absolute atomic E-state index is 0.131. The van der Waals surface area contributed by atoms with Crippen LogP contribution in [0.25, 0.3) is 0 Å². The molecule has 0 aliphatic rings. The van der Waals surface area contributed by atoms with Gasteiger partial charge in [-0.25, -0.2) is 4.79 Å². The highest BCUT2D eigenvalue weighted by Crippen LogP contribution is 1.78. The Hall–Kier alpha value is -1.52. The number of rotatable bonds is 4. The number of carbonyl (C=O) groups excluding carboxylic acids is 2. The van der Waals surface area contributed by atoms with Gasteiger partial charge in [0.1, 0.15) is 6.61 Å². The van der Waals surface area contributed by atoms with Crippen LogP contribution in [0, 0.1) is 0 Å². The van der Waals surface area contributed by atoms with Gasteiger partial charge < -0.3 is 9.47 Å². The van der Waals surface area contributed by atoms with E-state index in [1.165, 1.54) is 13.0 Å². The average Bonchev–Trinajstić information content (AvgIpc) is 2.00. The van der Waals surface area contributed by atoms with E-state index in [4.69, 9.17) is 0 Å². The number of ether oxygens (including phenoxy) is 2. The summed E-state index contributed by atoms with van der Waals surface area (Å²) in [5.74, 6) is -0.459. The van der Waals surface area contributed by atoms with Crippen molar-refractivity contribution in [3.8, 4) is 0 Å². The number of carbonyl (C=O) groups is 2. The zero-order valence-electron chi connectivity index (χ0n) is 6.83. The van der Waals surface area contributed by atoms with Crippen LogP contribution in [0.15, 0.2) is 12.7 Å². The molecule has 68 valence electrons. The Balaban J connectivity index is 3.31. The number of nitrogens with one attached hydrogen (secondary N) is 1. The Morgan fingerprint density at radius 1 is 1.50 bits per heavy atom. The molecule has 0 aromatic rings. The number of alkyl carbamates (subject to hydrolysis) is 1. The fourth-order valence-corrected chi connectivity index (χ4v) is 0.382. The van der Waals surface area contributed by atoms with Crippen molar-refractivity contribution in [2.75, 3.05) is 13.3 Å². The summed E-state index contributed by atoms with van der Waals surface area (Å²) in [6.07, 6.45) is 0.793. The van der Waals surface area contributed by atoms with E-state index in [0.29, 0.717) is 0 Å². The molecule has 0 radical (unpaired) electrons. The summed E-state index contributed by atoms with van der Waals surface area (Å²) >= 11 is 0. The summed E-state index contributed by atoms with van der Waals surface area (Å²) in [4.78, 5) is 20.8. The molecule has 0 spiro atoms. The van der Waals surface area contributed by atoms with E-state index >= 15 is 0 Å². The third-order valence-electron chi connectivity index (χ3n) is 0.824. The fraction of sp³-hybridized carbons (Fsp3) is 0.429. The monoisotopic (exact) mass is 173 g/mol. The highest BCUT2D eigenvalue weighted by molar-refractivity contribution is 5.68. The molecule has 0 aliphatic carbocycles. The molecule has 0 aliphatic heterocycles. The van der Waals surface area contributed by atoms with Gasteiger partial charge in [0.05, 0.1) is 0 Å². The molecule has 1 amide bonds. The molecular weight excluding hydrogens is 162 g/mol. The van der Waals surface area contributed by atoms with Crippen LogP contribution in [0.4, 0.5) is 4.79 Å². The molecule has 0 fully saturated rings. The summed E-state index contributed by atoms with van der Waals surface area (Å²) in [5, 5.41) is 2.20. The van der Waals surface area contributed by atoms with Gasteiger partial charge in [-0.2, -0.15) is 0 Å². The van der Waals surface area contributed by atoms with Crippen molar-refractivity contribution in [1.82, 2.24) is 5.32 Å². The molecule has 0 aromatic carbocycles. The second-order valence-corrected chi connectivity index (χ2v) is 1.84. The van der Waals surface area contributed by atoms with Crippen molar-refractivity contribution in [2.45, 2.75) is 6.92 Å². The van der Waals surface area contributed by atoms with Gasteiger partial charge in [0, 0.05) is 6.92 Å². The molecular formula is C7H11NO4. The second kappa shape index (κ2) is 6.21. The first-order valence-corrected chi connectivity index (χ1v) is 3.31. The van der Waals surface area contributed by atoms with E-state index in [-0.39, 0.29) is 13.3 Å². The van der Waals surface area contributed by atoms with Gasteiger partial charge in [-0.05, 0) is 0 Å². The lowest BCUT2D eigenvalue weighted by atomic mass is 10.7. The molecule has 5 heteroatoms. The predicted molar refractivity (Wildman–Crippen MR) is 41.3 cm³/mol. The molecule has 0 saturated heterocycles. The van der Waals surface area contributed by atoms with Gasteiger partial charge in [-0.1, -0.05) is 12.7 Å². The highest BCUT2D eigenvalue weighted by atomic mass is 16.6. The van der Waals surface area contributed by atoms with Crippen LogP contribution in [0.1, 0.15) is 6.92 Å². The van der Waals surface area contributed by atoms with Crippen molar-refractivity contribution in [3.63, 3.8) is 0 Å². The van der Waals surface area contributed by atoms with E-state index in [0.717, 1.165) is 0 Å². The van der Waals surface area contributed by atoms with Crippen molar-refractivity contribution >= 4 is 12.1 Å². The molecule has 0 saturated carbocycles. The normalized spacial score (nSPS) is 8.42. The van der Waals surface area contributed by atoms with Crippen LogP contribution in [0.5, 0.6) is 0 Å². The van der Waals surface area contributed by atoms with E-state index in [9.17, 15) is 9.59 Å². The molecule has 1 N–H and O–H groups in total. The van der Waals surface area contributed by atoms with E-state index in [2.05, 4.69) is 21.4 Å². The third kappa shape index (κ3) is 6.60. The zero-order valence-corrected chi connectivity index (χ0v) is 6.83. The van der Waals surface area contributed by atoms with Gasteiger partial charge in [0.25, 0.3) is 0 Å². The van der Waals surface area contributed by atoms with Crippen molar-refractivity contribution < 1.29 is 19.1 Å². The number of hydrogen-bond acceptors (Lipinski definition) is 4. The molecule has 0 aromatic heterocycles. The Morgan fingerprint density at radius 2 is 2.17 bits per heavy atom. The summed E-state index contributed by atoms with van der Waals surface area (Å²) in [5.41, 5.74) is 0. The maximum absolute atomic E-state index is 10.6. The van der Waals surface area contributed by atoms with Crippen molar-refractivity contribution in [2.24, 2.45) is 0 Å². The maximum atomic E-state index is 10.6. The van der Waals surface area contributed by atoms with Gasteiger partial charge in [-0.3, -0.25) is 10.1 Å². The topological polar surface area (TPSA) is 64.6 Å². The largest absolute Gasteiger partial charge is 0.445 e. The average molecular weight is 173 g/mol. The minimum atomic E-state index is -0.642. The molecule has 5 nitrogen and oxygen atoms in total. The first-order valence-electron chi connectivity index (χ1n) is 3.31. The summed E-state index contributed by atoms with van der Waals surface area (Å²) in [7, 11) is 0. The quantitative estimate of drug-likeness (QED) is 0.380. The molecule has 0 atom stereocenters. The first-order chi connectivity index (χ1) is 5.66. The van der Waals surface area contributed by atoms with Crippen molar-refractivity contribution in [1.29, 1.82) is 0 Å². The first kappa shape index (κ1) is 10.5. The standard InChI is InChI=1S/C7H11NO4/c1-3-4-11-7(10)8-5-12-6(2)9/h3H,1,4-5H2,2H3,(H,8,10). The maximum Gasteiger partial charge on any atom is 0.410 e. The zero-order chi connectivity index (χ0) is 9.40. The smallest absolute Gasteiger partial charge is 0.410 e. The van der Waals surface area contributed by atoms with E-state index in [1.54, 1.807) is 0 Å². The van der Waals surface area contributed by atoms with Gasteiger partial charge in [-0.15, -0.1) is 0 Å². The molecule has 0 unspecified atom stereocenters. The predicted octanol–water partition coefficient (Wildman–Crippen LogP) is 0.419. The van der Waals surface area contributed by atoms with Crippen LogP contribution in [-0.2, 0) is 14.3 Å². The van der Waals surface area contributed by atoms with Gasteiger partial charge >= 0.3 is 12.1 Å². The Kier molecular flexibility index (Phi) is 5.42. The van der Waals surface area contributed by atoms with Crippen LogP contribution in [0.3, 0.4) is 0 Å². The van der Waals surface area contributed by atoms with Gasteiger partial charge in [0.2, 0.25) is 0 Å².